The fraction of sp³-hybridized carbons (Fsp3) is 0.480. The number of carbonyl (C=O) groups excluding carboxylic acids is 1. The lowest BCUT2D eigenvalue weighted by Gasteiger charge is -2.34. The first-order valence-corrected chi connectivity index (χ1v) is 13.0. The van der Waals surface area contributed by atoms with Crippen LogP contribution in [0.3, 0.4) is 0 Å². The number of benzene rings is 2. The molecule has 1 amide bonds. The predicted molar refractivity (Wildman–Crippen MR) is 126 cm³/mol. The van der Waals surface area contributed by atoms with Gasteiger partial charge in [-0.25, -0.2) is 8.42 Å². The van der Waals surface area contributed by atoms with Crippen molar-refractivity contribution >= 4 is 15.9 Å². The van der Waals surface area contributed by atoms with Gasteiger partial charge < -0.3 is 14.4 Å². The molecule has 33 heavy (non-hydrogen) atoms. The summed E-state index contributed by atoms with van der Waals surface area (Å²) in [6.45, 7) is 6.74. The Morgan fingerprint density at radius 2 is 1.70 bits per heavy atom. The van der Waals surface area contributed by atoms with Gasteiger partial charge in [0.25, 0.3) is 5.91 Å². The lowest BCUT2D eigenvalue weighted by atomic mass is 10.0. The second-order valence-electron chi connectivity index (χ2n) is 8.89. The summed E-state index contributed by atoms with van der Waals surface area (Å²) in [7, 11) is -3.57. The van der Waals surface area contributed by atoms with Crippen LogP contribution in [0, 0.1) is 0 Å². The first kappa shape index (κ1) is 23.7. The van der Waals surface area contributed by atoms with E-state index >= 15 is 0 Å². The third-order valence-corrected chi connectivity index (χ3v) is 8.18. The van der Waals surface area contributed by atoms with Crippen molar-refractivity contribution in [2.75, 3.05) is 39.4 Å². The van der Waals surface area contributed by atoms with Gasteiger partial charge in [0.15, 0.2) is 0 Å². The maximum Gasteiger partial charge on any atom is 0.253 e. The van der Waals surface area contributed by atoms with Crippen molar-refractivity contribution in [2.24, 2.45) is 0 Å². The molecule has 0 spiro atoms. The number of piperazine rings is 1. The molecule has 8 heteroatoms. The molecule has 2 saturated heterocycles. The van der Waals surface area contributed by atoms with E-state index in [0.29, 0.717) is 41.8 Å². The van der Waals surface area contributed by atoms with Crippen LogP contribution >= 0.6 is 0 Å². The topological polar surface area (TPSA) is 76.2 Å². The minimum atomic E-state index is -3.57. The van der Waals surface area contributed by atoms with Gasteiger partial charge in [-0.15, -0.1) is 0 Å². The maximum atomic E-state index is 13.0. The molecule has 1 unspecified atom stereocenters. The van der Waals surface area contributed by atoms with E-state index in [4.69, 9.17) is 9.47 Å². The molecular formula is C25H32N2O5S. The van der Waals surface area contributed by atoms with E-state index in [1.54, 1.807) is 41.3 Å². The van der Waals surface area contributed by atoms with Crippen LogP contribution in [0.25, 0.3) is 0 Å². The minimum absolute atomic E-state index is 0.0981. The number of amides is 1. The van der Waals surface area contributed by atoms with Crippen molar-refractivity contribution < 1.29 is 22.7 Å². The second kappa shape index (κ2) is 10.2. The molecule has 0 radical (unpaired) electrons. The number of hydrogen-bond donors (Lipinski definition) is 0. The maximum absolute atomic E-state index is 13.0. The van der Waals surface area contributed by atoms with E-state index in [2.05, 4.69) is 13.8 Å². The Bertz CT molecular complexity index is 1040. The zero-order valence-corrected chi connectivity index (χ0v) is 20.1. The van der Waals surface area contributed by atoms with E-state index in [1.165, 1.54) is 4.31 Å². The largest absolute Gasteiger partial charge is 0.491 e. The summed E-state index contributed by atoms with van der Waals surface area (Å²) in [5.74, 6) is 0.957. The third-order valence-electron chi connectivity index (χ3n) is 6.27. The van der Waals surface area contributed by atoms with Crippen molar-refractivity contribution in [3.63, 3.8) is 0 Å². The van der Waals surface area contributed by atoms with Gasteiger partial charge in [-0.05, 0) is 60.7 Å². The Balaban J connectivity index is 1.31. The lowest BCUT2D eigenvalue weighted by molar-refractivity contribution is 0.0676. The van der Waals surface area contributed by atoms with Crippen LogP contribution < -0.4 is 4.74 Å². The normalized spacial score (nSPS) is 19.7. The predicted octanol–water partition coefficient (Wildman–Crippen LogP) is 3.51. The number of sulfonamides is 1. The van der Waals surface area contributed by atoms with Gasteiger partial charge >= 0.3 is 0 Å². The molecule has 0 saturated carbocycles. The van der Waals surface area contributed by atoms with Crippen LogP contribution in [0.15, 0.2) is 53.4 Å². The molecule has 2 aromatic carbocycles. The Hall–Kier alpha value is -2.42. The molecule has 2 fully saturated rings. The Labute approximate surface area is 196 Å². The highest BCUT2D eigenvalue weighted by molar-refractivity contribution is 7.89. The minimum Gasteiger partial charge on any atom is -0.491 e. The summed E-state index contributed by atoms with van der Waals surface area (Å²) < 4.78 is 38.8. The summed E-state index contributed by atoms with van der Waals surface area (Å²) >= 11 is 0. The molecule has 0 N–H and O–H groups in total. The van der Waals surface area contributed by atoms with Crippen molar-refractivity contribution in [3.05, 3.63) is 59.7 Å². The van der Waals surface area contributed by atoms with Crippen molar-refractivity contribution in [2.45, 2.75) is 43.6 Å². The van der Waals surface area contributed by atoms with Gasteiger partial charge in [0, 0.05) is 38.3 Å². The summed E-state index contributed by atoms with van der Waals surface area (Å²) in [4.78, 5) is 14.9. The molecule has 7 nitrogen and oxygen atoms in total. The summed E-state index contributed by atoms with van der Waals surface area (Å²) in [6, 6.07) is 14.2. The van der Waals surface area contributed by atoms with E-state index in [0.717, 1.165) is 25.0 Å². The Morgan fingerprint density at radius 3 is 2.27 bits per heavy atom. The first-order chi connectivity index (χ1) is 15.8. The van der Waals surface area contributed by atoms with Crippen molar-refractivity contribution in [3.8, 4) is 5.75 Å². The van der Waals surface area contributed by atoms with Crippen LogP contribution in [-0.2, 0) is 14.8 Å². The van der Waals surface area contributed by atoms with Gasteiger partial charge in [-0.1, -0.05) is 26.0 Å². The molecule has 2 aromatic rings. The van der Waals surface area contributed by atoms with E-state index in [-0.39, 0.29) is 25.1 Å². The fourth-order valence-corrected chi connectivity index (χ4v) is 5.57. The molecule has 0 aromatic heterocycles. The van der Waals surface area contributed by atoms with Gasteiger partial charge in [0.1, 0.15) is 12.4 Å². The van der Waals surface area contributed by atoms with E-state index in [1.807, 2.05) is 12.1 Å². The first-order valence-electron chi connectivity index (χ1n) is 11.6. The number of carbonyl (C=O) groups is 1. The molecule has 1 atom stereocenters. The SMILES string of the molecule is CC(C)c1ccc(S(=O)(=O)N2CCN(C(=O)c3ccc(OCC4CCCO4)cc3)CC2)cc1. The zero-order valence-electron chi connectivity index (χ0n) is 19.3. The molecule has 2 heterocycles. The Kier molecular flexibility index (Phi) is 7.36. The molecule has 0 bridgehead atoms. The van der Waals surface area contributed by atoms with Crippen molar-refractivity contribution in [1.82, 2.24) is 9.21 Å². The van der Waals surface area contributed by atoms with Crippen LogP contribution in [0.2, 0.25) is 0 Å². The number of hydrogen-bond acceptors (Lipinski definition) is 5. The number of nitrogens with zero attached hydrogens (tertiary/aromatic N) is 2. The van der Waals surface area contributed by atoms with Crippen LogP contribution in [-0.4, -0.2) is 69.0 Å². The average Bonchev–Trinajstić information content (AvgIpc) is 3.36. The second-order valence-corrected chi connectivity index (χ2v) is 10.8. The van der Waals surface area contributed by atoms with Crippen LogP contribution in [0.5, 0.6) is 5.75 Å². The quantitative estimate of drug-likeness (QED) is 0.616. The highest BCUT2D eigenvalue weighted by Gasteiger charge is 2.30. The Morgan fingerprint density at radius 1 is 1.03 bits per heavy atom. The van der Waals surface area contributed by atoms with Gasteiger partial charge in [0.2, 0.25) is 10.0 Å². The highest BCUT2D eigenvalue weighted by Crippen LogP contribution is 2.22. The average molecular weight is 473 g/mol. The molecule has 178 valence electrons. The number of ether oxygens (including phenoxy) is 2. The van der Waals surface area contributed by atoms with Gasteiger partial charge in [-0.3, -0.25) is 4.79 Å². The third kappa shape index (κ3) is 5.57. The van der Waals surface area contributed by atoms with Gasteiger partial charge in [0.05, 0.1) is 11.0 Å². The van der Waals surface area contributed by atoms with Crippen molar-refractivity contribution in [1.29, 1.82) is 0 Å². The zero-order chi connectivity index (χ0) is 23.4. The summed E-state index contributed by atoms with van der Waals surface area (Å²) in [6.07, 6.45) is 2.23. The van der Waals surface area contributed by atoms with E-state index < -0.39 is 10.0 Å². The molecule has 2 aliphatic heterocycles. The lowest BCUT2D eigenvalue weighted by Crippen LogP contribution is -2.50. The van der Waals surface area contributed by atoms with Crippen LogP contribution in [0.1, 0.15) is 48.5 Å². The highest BCUT2D eigenvalue weighted by atomic mass is 32.2. The molecule has 4 rings (SSSR count). The fourth-order valence-electron chi connectivity index (χ4n) is 4.15. The molecule has 0 aliphatic carbocycles. The van der Waals surface area contributed by atoms with Crippen LogP contribution in [0.4, 0.5) is 0 Å². The van der Waals surface area contributed by atoms with E-state index in [9.17, 15) is 13.2 Å². The summed E-state index contributed by atoms with van der Waals surface area (Å²) in [5.41, 5.74) is 1.67. The number of rotatable bonds is 7. The monoisotopic (exact) mass is 472 g/mol. The smallest absolute Gasteiger partial charge is 0.253 e. The molecular weight excluding hydrogens is 440 g/mol. The van der Waals surface area contributed by atoms with Gasteiger partial charge in [-0.2, -0.15) is 4.31 Å². The summed E-state index contributed by atoms with van der Waals surface area (Å²) in [5, 5.41) is 0. The standard InChI is InChI=1S/C25H32N2O5S/c1-19(2)20-7-11-24(12-8-20)33(29,30)27-15-13-26(14-16-27)25(28)21-5-9-22(10-6-21)32-18-23-4-3-17-31-23/h5-12,19,23H,3-4,13-18H2,1-2H3. The molecule has 2 aliphatic rings.